The van der Waals surface area contributed by atoms with Crippen molar-refractivity contribution < 1.29 is 4.74 Å². The number of ether oxygens (including phenoxy) is 1. The van der Waals surface area contributed by atoms with Crippen LogP contribution in [0.25, 0.3) is 11.5 Å². The van der Waals surface area contributed by atoms with Crippen LogP contribution in [0.4, 0.5) is 5.82 Å². The van der Waals surface area contributed by atoms with E-state index in [1.165, 1.54) is 0 Å². The van der Waals surface area contributed by atoms with Crippen LogP contribution in [-0.4, -0.2) is 28.6 Å². The summed E-state index contributed by atoms with van der Waals surface area (Å²) >= 11 is 2.24. The van der Waals surface area contributed by atoms with Crippen LogP contribution < -0.4 is 5.32 Å². The van der Waals surface area contributed by atoms with Gasteiger partial charge in [0.25, 0.3) is 0 Å². The molecule has 0 fully saturated rings. The van der Waals surface area contributed by atoms with E-state index in [1.807, 2.05) is 26.0 Å². The van der Waals surface area contributed by atoms with Gasteiger partial charge in [0.2, 0.25) is 0 Å². The first kappa shape index (κ1) is 15.1. The van der Waals surface area contributed by atoms with E-state index < -0.39 is 0 Å². The Morgan fingerprint density at radius 2 is 2.15 bits per heavy atom. The molecule has 0 aliphatic rings. The lowest BCUT2D eigenvalue weighted by molar-refractivity contribution is 0.181. The molecule has 0 atom stereocenters. The summed E-state index contributed by atoms with van der Waals surface area (Å²) < 4.78 is 6.20. The zero-order chi connectivity index (χ0) is 14.5. The summed E-state index contributed by atoms with van der Waals surface area (Å²) in [5.41, 5.74) is 2.78. The summed E-state index contributed by atoms with van der Waals surface area (Å²) in [4.78, 5) is 13.5. The molecule has 0 aromatic carbocycles. The number of pyridine rings is 1. The Morgan fingerprint density at radius 3 is 2.80 bits per heavy atom. The minimum absolute atomic E-state index is 0.456. The van der Waals surface area contributed by atoms with Crippen molar-refractivity contribution in [3.63, 3.8) is 0 Å². The van der Waals surface area contributed by atoms with Gasteiger partial charge in [-0.1, -0.05) is 0 Å². The SMILES string of the molecule is CCNc1nc(-c2cc(C)ccn2)nc(COC)c1I. The predicted octanol–water partition coefficient (Wildman–Crippen LogP) is 3.03. The van der Waals surface area contributed by atoms with E-state index in [0.29, 0.717) is 12.4 Å². The number of aryl methyl sites for hydroxylation is 1. The van der Waals surface area contributed by atoms with Crippen LogP contribution in [0, 0.1) is 10.5 Å². The highest BCUT2D eigenvalue weighted by atomic mass is 127. The number of hydrogen-bond donors (Lipinski definition) is 1. The van der Waals surface area contributed by atoms with Gasteiger partial charge in [-0.05, 0) is 54.1 Å². The Kier molecular flexibility index (Phi) is 5.24. The number of methoxy groups -OCH3 is 1. The van der Waals surface area contributed by atoms with Gasteiger partial charge >= 0.3 is 0 Å². The van der Waals surface area contributed by atoms with Gasteiger partial charge in [-0.25, -0.2) is 9.97 Å². The molecule has 0 bridgehead atoms. The van der Waals surface area contributed by atoms with Crippen molar-refractivity contribution >= 4 is 28.4 Å². The second-order valence-electron chi connectivity index (χ2n) is 4.34. The molecule has 1 N–H and O–H groups in total. The molecule has 0 aliphatic heterocycles. The zero-order valence-corrected chi connectivity index (χ0v) is 13.9. The van der Waals surface area contributed by atoms with Gasteiger partial charge in [0.05, 0.1) is 15.9 Å². The van der Waals surface area contributed by atoms with E-state index in [2.05, 4.69) is 42.9 Å². The normalized spacial score (nSPS) is 10.6. The number of aromatic nitrogens is 3. The average Bonchev–Trinajstić information content (AvgIpc) is 2.43. The van der Waals surface area contributed by atoms with Crippen LogP contribution in [-0.2, 0) is 11.3 Å². The number of nitrogens with one attached hydrogen (secondary N) is 1. The molecule has 0 spiro atoms. The maximum Gasteiger partial charge on any atom is 0.180 e. The van der Waals surface area contributed by atoms with Gasteiger partial charge in [-0.2, -0.15) is 0 Å². The van der Waals surface area contributed by atoms with E-state index in [1.54, 1.807) is 13.3 Å². The predicted molar refractivity (Wildman–Crippen MR) is 87.6 cm³/mol. The molecule has 2 aromatic heterocycles. The lowest BCUT2D eigenvalue weighted by Crippen LogP contribution is -2.09. The third-order valence-corrected chi connectivity index (χ3v) is 3.82. The summed E-state index contributed by atoms with van der Waals surface area (Å²) in [6.45, 7) is 5.33. The molecular weight excluding hydrogens is 367 g/mol. The van der Waals surface area contributed by atoms with Crippen molar-refractivity contribution in [1.82, 2.24) is 15.0 Å². The van der Waals surface area contributed by atoms with E-state index in [-0.39, 0.29) is 0 Å². The van der Waals surface area contributed by atoms with E-state index in [0.717, 1.165) is 32.9 Å². The van der Waals surface area contributed by atoms with Crippen LogP contribution in [0.3, 0.4) is 0 Å². The topological polar surface area (TPSA) is 59.9 Å². The molecule has 6 heteroatoms. The maximum absolute atomic E-state index is 5.21. The summed E-state index contributed by atoms with van der Waals surface area (Å²) in [6.07, 6.45) is 1.77. The third kappa shape index (κ3) is 3.43. The molecule has 0 saturated carbocycles. The van der Waals surface area contributed by atoms with Crippen LogP contribution >= 0.6 is 22.6 Å². The quantitative estimate of drug-likeness (QED) is 0.804. The van der Waals surface area contributed by atoms with Gasteiger partial charge in [-0.3, -0.25) is 4.98 Å². The van der Waals surface area contributed by atoms with Gasteiger partial charge < -0.3 is 10.1 Å². The maximum atomic E-state index is 5.21. The van der Waals surface area contributed by atoms with Crippen LogP contribution in [0.15, 0.2) is 18.3 Å². The van der Waals surface area contributed by atoms with Gasteiger partial charge in [0.15, 0.2) is 5.82 Å². The van der Waals surface area contributed by atoms with Gasteiger partial charge in [0, 0.05) is 19.9 Å². The van der Waals surface area contributed by atoms with Gasteiger partial charge in [0.1, 0.15) is 11.5 Å². The number of hydrogen-bond acceptors (Lipinski definition) is 5. The highest BCUT2D eigenvalue weighted by Crippen LogP contribution is 2.24. The molecule has 0 unspecified atom stereocenters. The Bertz CT molecular complexity index is 576. The largest absolute Gasteiger partial charge is 0.378 e. The molecule has 5 nitrogen and oxygen atoms in total. The number of rotatable bonds is 5. The standard InChI is InChI=1S/C14H17IN4O/c1-4-16-14-12(15)11(8-20-3)18-13(19-14)10-7-9(2)5-6-17-10/h5-7H,4,8H2,1-3H3,(H,16,18,19). The molecule has 0 radical (unpaired) electrons. The lowest BCUT2D eigenvalue weighted by Gasteiger charge is -2.11. The number of anilines is 1. The minimum atomic E-state index is 0.456. The van der Waals surface area contributed by atoms with Crippen molar-refractivity contribution in [2.75, 3.05) is 19.0 Å². The molecule has 0 saturated heterocycles. The molecule has 20 heavy (non-hydrogen) atoms. The second-order valence-corrected chi connectivity index (χ2v) is 5.42. The van der Waals surface area contributed by atoms with Crippen molar-refractivity contribution in [1.29, 1.82) is 0 Å². The average molecular weight is 384 g/mol. The smallest absolute Gasteiger partial charge is 0.180 e. The molecule has 2 aromatic rings. The van der Waals surface area contributed by atoms with E-state index >= 15 is 0 Å². The van der Waals surface area contributed by atoms with Gasteiger partial charge in [-0.15, -0.1) is 0 Å². The van der Waals surface area contributed by atoms with E-state index in [4.69, 9.17) is 4.74 Å². The first-order valence-electron chi connectivity index (χ1n) is 6.38. The Labute approximate surface area is 132 Å². The van der Waals surface area contributed by atoms with Crippen molar-refractivity contribution in [3.05, 3.63) is 33.2 Å². The van der Waals surface area contributed by atoms with Crippen molar-refractivity contribution in [2.24, 2.45) is 0 Å². The Hall–Kier alpha value is -1.28. The highest BCUT2D eigenvalue weighted by Gasteiger charge is 2.13. The van der Waals surface area contributed by atoms with Crippen LogP contribution in [0.5, 0.6) is 0 Å². The number of halogens is 1. The number of nitrogens with zero attached hydrogens (tertiary/aromatic N) is 3. The molecule has 2 heterocycles. The summed E-state index contributed by atoms with van der Waals surface area (Å²) in [7, 11) is 1.66. The molecule has 106 valence electrons. The second kappa shape index (κ2) is 6.94. The van der Waals surface area contributed by atoms with Crippen molar-refractivity contribution in [3.8, 4) is 11.5 Å². The fourth-order valence-electron chi connectivity index (χ4n) is 1.78. The zero-order valence-electron chi connectivity index (χ0n) is 11.8. The van der Waals surface area contributed by atoms with Crippen LogP contribution in [0.2, 0.25) is 0 Å². The highest BCUT2D eigenvalue weighted by molar-refractivity contribution is 14.1. The van der Waals surface area contributed by atoms with E-state index in [9.17, 15) is 0 Å². The molecule has 0 amide bonds. The lowest BCUT2D eigenvalue weighted by atomic mass is 10.2. The fourth-order valence-corrected chi connectivity index (χ4v) is 2.37. The molecule has 2 rings (SSSR count). The summed E-state index contributed by atoms with van der Waals surface area (Å²) in [5, 5.41) is 3.26. The first-order valence-corrected chi connectivity index (χ1v) is 7.45. The minimum Gasteiger partial charge on any atom is -0.378 e. The molecule has 0 aliphatic carbocycles. The third-order valence-electron chi connectivity index (χ3n) is 2.69. The Balaban J connectivity index is 2.52. The Morgan fingerprint density at radius 1 is 1.35 bits per heavy atom. The monoisotopic (exact) mass is 384 g/mol. The molecular formula is C14H17IN4O. The van der Waals surface area contributed by atoms with Crippen LogP contribution in [0.1, 0.15) is 18.2 Å². The van der Waals surface area contributed by atoms with Crippen molar-refractivity contribution in [2.45, 2.75) is 20.5 Å². The summed E-state index contributed by atoms with van der Waals surface area (Å²) in [6, 6.07) is 3.94. The fraction of sp³-hybridized carbons (Fsp3) is 0.357. The first-order chi connectivity index (χ1) is 9.65. The summed E-state index contributed by atoms with van der Waals surface area (Å²) in [5.74, 6) is 1.45.